The summed E-state index contributed by atoms with van der Waals surface area (Å²) in [5.74, 6) is 0.383. The second-order valence-corrected chi connectivity index (χ2v) is 9.39. The van der Waals surface area contributed by atoms with Crippen molar-refractivity contribution in [1.82, 2.24) is 4.90 Å². The van der Waals surface area contributed by atoms with Gasteiger partial charge in [0, 0.05) is 5.75 Å². The summed E-state index contributed by atoms with van der Waals surface area (Å²) in [5.41, 5.74) is 1.83. The van der Waals surface area contributed by atoms with Crippen LogP contribution in [0.5, 0.6) is 0 Å². The molecular formula is C23H31NO5S. The molecule has 0 aromatic heterocycles. The number of carbonyl (C=O) groups is 3. The van der Waals surface area contributed by atoms with Crippen LogP contribution < -0.4 is 0 Å². The number of benzene rings is 1. The lowest BCUT2D eigenvalue weighted by Crippen LogP contribution is -2.41. The lowest BCUT2D eigenvalue weighted by molar-refractivity contribution is 0.0324. The molecule has 2 rings (SSSR count). The smallest absolute Gasteiger partial charge is 0.418 e. The maximum absolute atomic E-state index is 12.4. The summed E-state index contributed by atoms with van der Waals surface area (Å²) in [6, 6.07) is 5.46. The Labute approximate surface area is 183 Å². The molecule has 1 saturated heterocycles. The highest BCUT2D eigenvalue weighted by molar-refractivity contribution is 8.14. The van der Waals surface area contributed by atoms with Gasteiger partial charge in [0.15, 0.2) is 0 Å². The number of carbonyl (C=O) groups excluding carboxylic acids is 3. The Balaban J connectivity index is 2.13. The Morgan fingerprint density at radius 3 is 2.60 bits per heavy atom. The molecule has 6 nitrogen and oxygen atoms in total. The lowest BCUT2D eigenvalue weighted by Gasteiger charge is -2.25. The largest absolute Gasteiger partial charge is 0.462 e. The number of nitrogens with zero attached hydrogens (tertiary/aromatic N) is 1. The van der Waals surface area contributed by atoms with Gasteiger partial charge < -0.3 is 9.47 Å². The zero-order chi connectivity index (χ0) is 22.5. The van der Waals surface area contributed by atoms with E-state index >= 15 is 0 Å². The maximum atomic E-state index is 12.4. The number of ether oxygens (including phenoxy) is 2. The molecule has 1 fully saturated rings. The van der Waals surface area contributed by atoms with Gasteiger partial charge in [-0.25, -0.2) is 14.5 Å². The molecule has 1 atom stereocenters. The van der Waals surface area contributed by atoms with Crippen LogP contribution >= 0.6 is 11.8 Å². The highest BCUT2D eigenvalue weighted by Gasteiger charge is 2.37. The second kappa shape index (κ2) is 10.2. The third kappa shape index (κ3) is 6.36. The van der Waals surface area contributed by atoms with Crippen LogP contribution in [0.4, 0.5) is 9.59 Å². The van der Waals surface area contributed by atoms with E-state index in [9.17, 15) is 14.4 Å². The number of hydrogen-bond donors (Lipinski definition) is 0. The molecule has 1 aromatic rings. The molecule has 1 aliphatic heterocycles. The molecule has 1 aliphatic rings. The first-order chi connectivity index (χ1) is 14.0. The molecule has 2 amide bonds. The third-order valence-corrected chi connectivity index (χ3v) is 5.39. The first-order valence-electron chi connectivity index (χ1n) is 10.2. The molecule has 7 heteroatoms. The first kappa shape index (κ1) is 24.0. The van der Waals surface area contributed by atoms with E-state index in [1.54, 1.807) is 27.7 Å². The van der Waals surface area contributed by atoms with E-state index in [0.717, 1.165) is 22.9 Å². The van der Waals surface area contributed by atoms with Crippen molar-refractivity contribution >= 4 is 29.1 Å². The number of imide groups is 1. The standard InChI is InChI=1S/C23H31NO5S/c1-7-28-20(25)19-13-16(11-12-18(19)15(2)3)9-8-10-17-14-30-22(27)24(17)21(26)29-23(4,5)6/h8,10-13,15,17H,7,9,14H2,1-6H3/t17-/m1/s1. The first-order valence-corrected chi connectivity index (χ1v) is 11.2. The minimum absolute atomic E-state index is 0.206. The van der Waals surface area contributed by atoms with E-state index in [1.807, 2.05) is 44.2 Å². The van der Waals surface area contributed by atoms with E-state index in [1.165, 1.54) is 4.90 Å². The zero-order valence-corrected chi connectivity index (χ0v) is 19.4. The van der Waals surface area contributed by atoms with Gasteiger partial charge >= 0.3 is 12.1 Å². The molecule has 0 bridgehead atoms. The predicted molar refractivity (Wildman–Crippen MR) is 119 cm³/mol. The van der Waals surface area contributed by atoms with Gasteiger partial charge in [-0.15, -0.1) is 0 Å². The Bertz CT molecular complexity index is 825. The molecular weight excluding hydrogens is 402 g/mol. The molecule has 1 aromatic carbocycles. The minimum Gasteiger partial charge on any atom is -0.462 e. The highest BCUT2D eigenvalue weighted by atomic mass is 32.2. The van der Waals surface area contributed by atoms with Gasteiger partial charge in [0.2, 0.25) is 0 Å². The molecule has 0 N–H and O–H groups in total. The summed E-state index contributed by atoms with van der Waals surface area (Å²) in [7, 11) is 0. The fraction of sp³-hybridized carbons (Fsp3) is 0.522. The number of amides is 2. The van der Waals surface area contributed by atoms with Crippen LogP contribution in [0.2, 0.25) is 0 Å². The minimum atomic E-state index is -0.666. The molecule has 0 spiro atoms. The summed E-state index contributed by atoms with van der Waals surface area (Å²) in [4.78, 5) is 38.0. The summed E-state index contributed by atoms with van der Waals surface area (Å²) >= 11 is 1.10. The Morgan fingerprint density at radius 1 is 1.30 bits per heavy atom. The highest BCUT2D eigenvalue weighted by Crippen LogP contribution is 2.27. The van der Waals surface area contributed by atoms with Gasteiger partial charge in [-0.3, -0.25) is 4.79 Å². The van der Waals surface area contributed by atoms with Gasteiger partial charge in [0.05, 0.1) is 18.2 Å². The van der Waals surface area contributed by atoms with Crippen molar-refractivity contribution in [3.63, 3.8) is 0 Å². The number of esters is 1. The average molecular weight is 434 g/mol. The van der Waals surface area contributed by atoms with Crippen LogP contribution in [0.3, 0.4) is 0 Å². The van der Waals surface area contributed by atoms with Crippen molar-refractivity contribution in [3.8, 4) is 0 Å². The van der Waals surface area contributed by atoms with Crippen molar-refractivity contribution in [2.24, 2.45) is 0 Å². The SMILES string of the molecule is CCOC(=O)c1cc(CC=C[C@@H]2CSC(=O)N2C(=O)OC(C)(C)C)ccc1C(C)C. The predicted octanol–water partition coefficient (Wildman–Crippen LogP) is 5.56. The fourth-order valence-electron chi connectivity index (χ4n) is 3.08. The Hall–Kier alpha value is -2.28. The van der Waals surface area contributed by atoms with Crippen LogP contribution in [0, 0.1) is 0 Å². The molecule has 0 saturated carbocycles. The maximum Gasteiger partial charge on any atom is 0.418 e. The fourth-order valence-corrected chi connectivity index (χ4v) is 4.00. The monoisotopic (exact) mass is 433 g/mol. The van der Waals surface area contributed by atoms with E-state index < -0.39 is 11.7 Å². The van der Waals surface area contributed by atoms with Crippen molar-refractivity contribution < 1.29 is 23.9 Å². The number of thioether (sulfide) groups is 1. The number of hydrogen-bond acceptors (Lipinski definition) is 6. The molecule has 30 heavy (non-hydrogen) atoms. The van der Waals surface area contributed by atoms with Crippen molar-refractivity contribution in [2.45, 2.75) is 65.5 Å². The molecule has 0 radical (unpaired) electrons. The van der Waals surface area contributed by atoms with Crippen LogP contribution in [-0.2, 0) is 15.9 Å². The summed E-state index contributed by atoms with van der Waals surface area (Å²) in [5, 5.41) is -0.301. The van der Waals surface area contributed by atoms with Crippen LogP contribution in [-0.4, -0.2) is 46.2 Å². The average Bonchev–Trinajstić information content (AvgIpc) is 3.01. The zero-order valence-electron chi connectivity index (χ0n) is 18.6. The van der Waals surface area contributed by atoms with Crippen molar-refractivity contribution in [2.75, 3.05) is 12.4 Å². The summed E-state index contributed by atoms with van der Waals surface area (Å²) < 4.78 is 10.6. The Kier molecular flexibility index (Phi) is 8.12. The quantitative estimate of drug-likeness (QED) is 0.432. The van der Waals surface area contributed by atoms with E-state index in [-0.39, 0.29) is 23.2 Å². The summed E-state index contributed by atoms with van der Waals surface area (Å²) in [6.45, 7) is 11.5. The molecule has 1 heterocycles. The normalized spacial score (nSPS) is 17.1. The third-order valence-electron chi connectivity index (χ3n) is 4.44. The Morgan fingerprint density at radius 2 is 2.00 bits per heavy atom. The van der Waals surface area contributed by atoms with Crippen LogP contribution in [0.1, 0.15) is 68.9 Å². The van der Waals surface area contributed by atoms with Crippen molar-refractivity contribution in [3.05, 3.63) is 47.0 Å². The van der Waals surface area contributed by atoms with Crippen LogP contribution in [0.15, 0.2) is 30.4 Å². The molecule has 164 valence electrons. The van der Waals surface area contributed by atoms with Gasteiger partial charge in [-0.1, -0.05) is 49.9 Å². The second-order valence-electron chi connectivity index (χ2n) is 8.42. The van der Waals surface area contributed by atoms with E-state index in [2.05, 4.69) is 0 Å². The molecule has 0 unspecified atom stereocenters. The number of rotatable bonds is 6. The topological polar surface area (TPSA) is 72.9 Å². The van der Waals surface area contributed by atoms with Gasteiger partial charge in [-0.05, 0) is 57.2 Å². The van der Waals surface area contributed by atoms with Gasteiger partial charge in [0.1, 0.15) is 5.60 Å². The van der Waals surface area contributed by atoms with E-state index in [4.69, 9.17) is 9.47 Å². The summed E-state index contributed by atoms with van der Waals surface area (Å²) in [6.07, 6.45) is 3.71. The van der Waals surface area contributed by atoms with Gasteiger partial charge in [0.25, 0.3) is 5.24 Å². The number of allylic oxidation sites excluding steroid dienone is 1. The lowest BCUT2D eigenvalue weighted by atomic mass is 9.94. The van der Waals surface area contributed by atoms with Gasteiger partial charge in [-0.2, -0.15) is 0 Å². The van der Waals surface area contributed by atoms with Crippen molar-refractivity contribution in [1.29, 1.82) is 0 Å². The van der Waals surface area contributed by atoms with E-state index in [0.29, 0.717) is 24.3 Å². The molecule has 0 aliphatic carbocycles. The van der Waals surface area contributed by atoms with Crippen LogP contribution in [0.25, 0.3) is 0 Å².